The molecule has 0 N–H and O–H groups in total. The van der Waals surface area contributed by atoms with Crippen LogP contribution in [0.3, 0.4) is 0 Å². The molecule has 0 spiro atoms. The normalized spacial score (nSPS) is 6.67. The maximum absolute atomic E-state index is 8.06. The van der Waals surface area contributed by atoms with Crippen LogP contribution in [-0.2, 0) is 0 Å². The SMILES string of the molecule is C=CC(C)=C=CSC#N. The summed E-state index contributed by atoms with van der Waals surface area (Å²) in [6, 6.07) is 0. The summed E-state index contributed by atoms with van der Waals surface area (Å²) < 4.78 is 0. The van der Waals surface area contributed by atoms with Crippen LogP contribution < -0.4 is 0 Å². The van der Waals surface area contributed by atoms with Gasteiger partial charge in [-0.25, -0.2) is 0 Å². The number of nitrogens with zero attached hydrogens (tertiary/aromatic N) is 1. The molecule has 0 rings (SSSR count). The molecule has 9 heavy (non-hydrogen) atoms. The average molecular weight is 137 g/mol. The quantitative estimate of drug-likeness (QED) is 0.331. The van der Waals surface area contributed by atoms with Gasteiger partial charge in [-0.2, -0.15) is 5.26 Å². The van der Waals surface area contributed by atoms with E-state index in [1.54, 1.807) is 11.5 Å². The van der Waals surface area contributed by atoms with Crippen molar-refractivity contribution in [3.8, 4) is 5.40 Å². The molecule has 0 fully saturated rings. The van der Waals surface area contributed by atoms with Gasteiger partial charge in [0.25, 0.3) is 0 Å². The molecule has 0 aliphatic carbocycles. The highest BCUT2D eigenvalue weighted by molar-refractivity contribution is 8.06. The molecule has 0 saturated carbocycles. The fourth-order valence-electron chi connectivity index (χ4n) is 0.208. The van der Waals surface area contributed by atoms with Crippen LogP contribution >= 0.6 is 11.8 Å². The summed E-state index contributed by atoms with van der Waals surface area (Å²) in [5, 5.41) is 11.6. The highest BCUT2D eigenvalue weighted by Crippen LogP contribution is 1.97. The monoisotopic (exact) mass is 137 g/mol. The second-order valence-electron chi connectivity index (χ2n) is 1.36. The van der Waals surface area contributed by atoms with E-state index in [-0.39, 0.29) is 0 Å². The van der Waals surface area contributed by atoms with Crippen LogP contribution in [0, 0.1) is 10.7 Å². The first-order chi connectivity index (χ1) is 4.31. The lowest BCUT2D eigenvalue weighted by atomic mass is 10.3. The number of nitriles is 1. The Labute approximate surface area is 59.4 Å². The van der Waals surface area contributed by atoms with Gasteiger partial charge in [0.1, 0.15) is 5.40 Å². The Bertz CT molecular complexity index is 191. The summed E-state index contributed by atoms with van der Waals surface area (Å²) in [5.41, 5.74) is 3.79. The molecule has 46 valence electrons. The van der Waals surface area contributed by atoms with Gasteiger partial charge in [-0.15, -0.1) is 5.73 Å². The Morgan fingerprint density at radius 3 is 2.89 bits per heavy atom. The highest BCUT2D eigenvalue weighted by atomic mass is 32.2. The van der Waals surface area contributed by atoms with Crippen molar-refractivity contribution in [1.29, 1.82) is 5.26 Å². The Kier molecular flexibility index (Phi) is 4.72. The molecule has 0 aromatic carbocycles. The van der Waals surface area contributed by atoms with Gasteiger partial charge in [0.05, 0.1) is 0 Å². The highest BCUT2D eigenvalue weighted by Gasteiger charge is 1.71. The van der Waals surface area contributed by atoms with Gasteiger partial charge in [-0.1, -0.05) is 12.7 Å². The summed E-state index contributed by atoms with van der Waals surface area (Å²) in [6.07, 6.45) is 1.69. The van der Waals surface area contributed by atoms with Crippen LogP contribution in [-0.4, -0.2) is 0 Å². The molecule has 0 heterocycles. The fourth-order valence-corrected chi connectivity index (χ4v) is 0.505. The topological polar surface area (TPSA) is 23.8 Å². The van der Waals surface area contributed by atoms with Gasteiger partial charge in [0.2, 0.25) is 0 Å². The van der Waals surface area contributed by atoms with Crippen molar-refractivity contribution in [2.45, 2.75) is 6.92 Å². The van der Waals surface area contributed by atoms with E-state index in [1.807, 2.05) is 12.3 Å². The van der Waals surface area contributed by atoms with Gasteiger partial charge < -0.3 is 0 Å². The Morgan fingerprint density at radius 1 is 1.78 bits per heavy atom. The largest absolute Gasteiger partial charge is 0.185 e. The van der Waals surface area contributed by atoms with E-state index in [0.29, 0.717) is 0 Å². The van der Waals surface area contributed by atoms with E-state index in [1.165, 1.54) is 0 Å². The van der Waals surface area contributed by atoms with Crippen molar-refractivity contribution < 1.29 is 0 Å². The van der Waals surface area contributed by atoms with E-state index in [2.05, 4.69) is 12.3 Å². The van der Waals surface area contributed by atoms with E-state index >= 15 is 0 Å². The van der Waals surface area contributed by atoms with Crippen molar-refractivity contribution in [1.82, 2.24) is 0 Å². The van der Waals surface area contributed by atoms with Crippen LogP contribution in [0.2, 0.25) is 0 Å². The zero-order chi connectivity index (χ0) is 7.11. The fraction of sp³-hybridized carbons (Fsp3) is 0.143. The molecule has 0 radical (unpaired) electrons. The molecule has 0 bridgehead atoms. The molecule has 0 atom stereocenters. The minimum absolute atomic E-state index is 0.942. The van der Waals surface area contributed by atoms with Crippen molar-refractivity contribution >= 4 is 11.8 Å². The molecular weight excluding hydrogens is 130 g/mol. The molecule has 0 unspecified atom stereocenters. The third-order valence-corrected chi connectivity index (χ3v) is 1.05. The summed E-state index contributed by atoms with van der Waals surface area (Å²) in [7, 11) is 0. The number of hydrogen-bond donors (Lipinski definition) is 0. The zero-order valence-electron chi connectivity index (χ0n) is 5.22. The van der Waals surface area contributed by atoms with Crippen LogP contribution in [0.5, 0.6) is 0 Å². The maximum Gasteiger partial charge on any atom is 0.138 e. The number of thiocyanates is 1. The Hall–Kier alpha value is -0.900. The summed E-state index contributed by atoms with van der Waals surface area (Å²) in [5.74, 6) is 0. The first-order valence-corrected chi connectivity index (χ1v) is 3.28. The summed E-state index contributed by atoms with van der Waals surface area (Å²) in [4.78, 5) is 0. The lowest BCUT2D eigenvalue weighted by molar-refractivity contribution is 1.56. The first kappa shape index (κ1) is 8.10. The predicted molar refractivity (Wildman–Crippen MR) is 40.7 cm³/mol. The Morgan fingerprint density at radius 2 is 2.44 bits per heavy atom. The van der Waals surface area contributed by atoms with Crippen LogP contribution in [0.1, 0.15) is 6.92 Å². The molecule has 0 saturated heterocycles. The Balaban J connectivity index is 3.95. The average Bonchev–Trinajstić information content (AvgIpc) is 1.89. The second kappa shape index (κ2) is 5.24. The molecular formula is C7H7NS. The lowest BCUT2D eigenvalue weighted by Crippen LogP contribution is -1.55. The number of allylic oxidation sites excluding steroid dienone is 2. The molecule has 0 aromatic heterocycles. The lowest BCUT2D eigenvalue weighted by Gasteiger charge is -1.76. The number of rotatable bonds is 2. The minimum atomic E-state index is 0.942. The van der Waals surface area contributed by atoms with Gasteiger partial charge in [-0.3, -0.25) is 0 Å². The zero-order valence-corrected chi connectivity index (χ0v) is 6.03. The van der Waals surface area contributed by atoms with E-state index in [0.717, 1.165) is 17.3 Å². The smallest absolute Gasteiger partial charge is 0.138 e. The van der Waals surface area contributed by atoms with E-state index in [4.69, 9.17) is 5.26 Å². The third-order valence-electron chi connectivity index (χ3n) is 0.704. The molecule has 0 aromatic rings. The van der Waals surface area contributed by atoms with Crippen molar-refractivity contribution in [3.05, 3.63) is 29.4 Å². The molecule has 0 aliphatic heterocycles. The van der Waals surface area contributed by atoms with Crippen molar-refractivity contribution in [3.63, 3.8) is 0 Å². The minimum Gasteiger partial charge on any atom is -0.185 e. The van der Waals surface area contributed by atoms with Crippen molar-refractivity contribution in [2.75, 3.05) is 0 Å². The van der Waals surface area contributed by atoms with Crippen LogP contribution in [0.15, 0.2) is 29.4 Å². The standard InChI is InChI=1S/C7H7NS/c1-3-7(2)4-5-9-6-8/h3,5H,1H2,2H3. The van der Waals surface area contributed by atoms with Gasteiger partial charge in [0, 0.05) is 5.41 Å². The third kappa shape index (κ3) is 4.96. The number of hydrogen-bond acceptors (Lipinski definition) is 2. The first-order valence-electron chi connectivity index (χ1n) is 2.40. The maximum atomic E-state index is 8.06. The van der Waals surface area contributed by atoms with Crippen molar-refractivity contribution in [2.24, 2.45) is 0 Å². The van der Waals surface area contributed by atoms with E-state index < -0.39 is 0 Å². The van der Waals surface area contributed by atoms with Gasteiger partial charge >= 0.3 is 0 Å². The van der Waals surface area contributed by atoms with Gasteiger partial charge in [0.15, 0.2) is 0 Å². The molecule has 1 nitrogen and oxygen atoms in total. The van der Waals surface area contributed by atoms with E-state index in [9.17, 15) is 0 Å². The van der Waals surface area contributed by atoms with Crippen LogP contribution in [0.4, 0.5) is 0 Å². The summed E-state index contributed by atoms with van der Waals surface area (Å²) >= 11 is 1.05. The second-order valence-corrected chi connectivity index (χ2v) is 2.01. The van der Waals surface area contributed by atoms with Gasteiger partial charge in [-0.05, 0) is 24.3 Å². The molecule has 0 aliphatic rings. The van der Waals surface area contributed by atoms with Crippen LogP contribution in [0.25, 0.3) is 0 Å². The number of thioether (sulfide) groups is 1. The predicted octanol–water partition coefficient (Wildman–Crippen LogP) is 2.45. The molecule has 2 heteroatoms. The summed E-state index contributed by atoms with van der Waals surface area (Å²) in [6.45, 7) is 5.40. The molecule has 0 amide bonds.